The molecule has 104 valence electrons. The number of para-hydroxylation sites is 1. The monoisotopic (exact) mass is 274 g/mol. The van der Waals surface area contributed by atoms with Gasteiger partial charge < -0.3 is 19.3 Å². The molecule has 0 saturated heterocycles. The lowest BCUT2D eigenvalue weighted by Gasteiger charge is -2.31. The van der Waals surface area contributed by atoms with Gasteiger partial charge in [0.05, 0.1) is 18.8 Å². The Labute approximate surface area is 115 Å². The smallest absolute Gasteiger partial charge is 0.339 e. The van der Waals surface area contributed by atoms with Gasteiger partial charge in [-0.1, -0.05) is 6.07 Å². The molecular formula is C13H14N4O3. The van der Waals surface area contributed by atoms with Gasteiger partial charge in [-0.3, -0.25) is 0 Å². The zero-order chi connectivity index (χ0) is 14.1. The summed E-state index contributed by atoms with van der Waals surface area (Å²) >= 11 is 0. The summed E-state index contributed by atoms with van der Waals surface area (Å²) in [4.78, 5) is 13.3. The second kappa shape index (κ2) is 4.84. The largest absolute Gasteiger partial charge is 0.489 e. The molecule has 3 rings (SSSR count). The van der Waals surface area contributed by atoms with Crippen molar-refractivity contribution in [3.05, 3.63) is 35.9 Å². The summed E-state index contributed by atoms with van der Waals surface area (Å²) in [5.41, 5.74) is 0.962. The van der Waals surface area contributed by atoms with Gasteiger partial charge >= 0.3 is 5.97 Å². The van der Waals surface area contributed by atoms with Crippen molar-refractivity contribution in [1.29, 1.82) is 0 Å². The van der Waals surface area contributed by atoms with E-state index in [1.807, 2.05) is 17.7 Å². The Morgan fingerprint density at radius 2 is 2.35 bits per heavy atom. The van der Waals surface area contributed by atoms with Crippen molar-refractivity contribution in [2.24, 2.45) is 7.05 Å². The highest BCUT2D eigenvalue weighted by molar-refractivity contribution is 5.93. The summed E-state index contributed by atoms with van der Waals surface area (Å²) in [5.74, 6) is 0.259. The van der Waals surface area contributed by atoms with Crippen LogP contribution in [0.2, 0.25) is 0 Å². The first kappa shape index (κ1) is 12.5. The molecule has 1 aromatic carbocycles. The standard InChI is InChI=1S/C13H14N4O3/c1-16-8-14-15-11(16)7-17-5-6-20-12-9(13(18)19)3-2-4-10(12)17/h2-4,8H,5-7H2,1H3,(H,18,19). The Morgan fingerprint density at radius 3 is 3.05 bits per heavy atom. The van der Waals surface area contributed by atoms with Crippen molar-refractivity contribution >= 4 is 11.7 Å². The molecule has 0 bridgehead atoms. The van der Waals surface area contributed by atoms with Crippen LogP contribution in [0.25, 0.3) is 0 Å². The molecule has 0 atom stereocenters. The lowest BCUT2D eigenvalue weighted by molar-refractivity contribution is 0.0692. The minimum absolute atomic E-state index is 0.185. The lowest BCUT2D eigenvalue weighted by Crippen LogP contribution is -2.33. The van der Waals surface area contributed by atoms with E-state index >= 15 is 0 Å². The molecule has 1 N–H and O–H groups in total. The number of carboxylic acid groups (broad SMARTS) is 1. The van der Waals surface area contributed by atoms with Crippen LogP contribution in [-0.2, 0) is 13.6 Å². The second-order valence-electron chi connectivity index (χ2n) is 4.59. The Balaban J connectivity index is 1.96. The number of rotatable bonds is 3. The number of aryl methyl sites for hydroxylation is 1. The number of anilines is 1. The fraction of sp³-hybridized carbons (Fsp3) is 0.308. The summed E-state index contributed by atoms with van der Waals surface area (Å²) in [6.45, 7) is 1.70. The van der Waals surface area contributed by atoms with Crippen LogP contribution in [-0.4, -0.2) is 39.0 Å². The number of aromatic nitrogens is 3. The number of hydrogen-bond donors (Lipinski definition) is 1. The predicted molar refractivity (Wildman–Crippen MR) is 70.9 cm³/mol. The van der Waals surface area contributed by atoms with Gasteiger partial charge in [-0.25, -0.2) is 4.79 Å². The molecule has 0 radical (unpaired) electrons. The molecule has 0 spiro atoms. The first-order chi connectivity index (χ1) is 9.66. The van der Waals surface area contributed by atoms with Gasteiger partial charge in [-0.2, -0.15) is 0 Å². The molecule has 7 heteroatoms. The number of nitrogens with zero attached hydrogens (tertiary/aromatic N) is 4. The number of carboxylic acids is 1. The molecule has 7 nitrogen and oxygen atoms in total. The van der Waals surface area contributed by atoms with E-state index in [9.17, 15) is 9.90 Å². The third-order valence-electron chi connectivity index (χ3n) is 3.31. The van der Waals surface area contributed by atoms with Gasteiger partial charge in [0.15, 0.2) is 11.6 Å². The summed E-state index contributed by atoms with van der Waals surface area (Å²) in [5, 5.41) is 17.1. The highest BCUT2D eigenvalue weighted by Gasteiger charge is 2.24. The van der Waals surface area contributed by atoms with Gasteiger partial charge in [-0.05, 0) is 12.1 Å². The van der Waals surface area contributed by atoms with E-state index in [0.29, 0.717) is 25.4 Å². The number of benzene rings is 1. The molecule has 1 aliphatic rings. The van der Waals surface area contributed by atoms with Crippen molar-refractivity contribution in [1.82, 2.24) is 14.8 Å². The SMILES string of the molecule is Cn1cnnc1CN1CCOc2c(C(=O)O)cccc21. The van der Waals surface area contributed by atoms with Crippen molar-refractivity contribution in [3.8, 4) is 5.75 Å². The van der Waals surface area contributed by atoms with E-state index in [4.69, 9.17) is 4.74 Å². The molecule has 0 aliphatic carbocycles. The van der Waals surface area contributed by atoms with Crippen LogP contribution < -0.4 is 9.64 Å². The number of hydrogen-bond acceptors (Lipinski definition) is 5. The summed E-state index contributed by atoms with van der Waals surface area (Å²) in [6, 6.07) is 5.13. The van der Waals surface area contributed by atoms with Crippen LogP contribution in [0.3, 0.4) is 0 Å². The average molecular weight is 274 g/mol. The molecule has 2 heterocycles. The van der Waals surface area contributed by atoms with Gasteiger partial charge in [-0.15, -0.1) is 10.2 Å². The minimum atomic E-state index is -0.984. The first-order valence-electron chi connectivity index (χ1n) is 6.23. The summed E-state index contributed by atoms with van der Waals surface area (Å²) in [7, 11) is 1.88. The Hall–Kier alpha value is -2.57. The molecular weight excluding hydrogens is 260 g/mol. The zero-order valence-corrected chi connectivity index (χ0v) is 11.0. The molecule has 2 aromatic rings. The quantitative estimate of drug-likeness (QED) is 0.896. The number of fused-ring (bicyclic) bond motifs is 1. The lowest BCUT2D eigenvalue weighted by atomic mass is 10.1. The van der Waals surface area contributed by atoms with Crippen molar-refractivity contribution in [2.75, 3.05) is 18.1 Å². The highest BCUT2D eigenvalue weighted by atomic mass is 16.5. The van der Waals surface area contributed by atoms with Gasteiger partial charge in [0.1, 0.15) is 18.5 Å². The van der Waals surface area contributed by atoms with E-state index in [1.165, 1.54) is 0 Å². The number of carbonyl (C=O) groups is 1. The number of ether oxygens (including phenoxy) is 1. The van der Waals surface area contributed by atoms with E-state index in [2.05, 4.69) is 15.1 Å². The van der Waals surface area contributed by atoms with Crippen molar-refractivity contribution < 1.29 is 14.6 Å². The maximum Gasteiger partial charge on any atom is 0.339 e. The highest BCUT2D eigenvalue weighted by Crippen LogP contribution is 2.35. The minimum Gasteiger partial charge on any atom is -0.489 e. The summed E-state index contributed by atoms with van der Waals surface area (Å²) < 4.78 is 7.37. The Kier molecular flexibility index (Phi) is 3.02. The molecule has 0 saturated carbocycles. The van der Waals surface area contributed by atoms with Crippen LogP contribution >= 0.6 is 0 Å². The Morgan fingerprint density at radius 1 is 1.50 bits per heavy atom. The molecule has 1 aromatic heterocycles. The van der Waals surface area contributed by atoms with Crippen LogP contribution in [0.4, 0.5) is 5.69 Å². The normalized spacial score (nSPS) is 13.8. The fourth-order valence-corrected chi connectivity index (χ4v) is 2.26. The maximum atomic E-state index is 11.2. The molecule has 20 heavy (non-hydrogen) atoms. The Bertz CT molecular complexity index is 653. The second-order valence-corrected chi connectivity index (χ2v) is 4.59. The predicted octanol–water partition coefficient (Wildman–Crippen LogP) is 0.912. The van der Waals surface area contributed by atoms with Crippen molar-refractivity contribution in [2.45, 2.75) is 6.54 Å². The third kappa shape index (κ3) is 2.07. The van der Waals surface area contributed by atoms with Crippen LogP contribution in [0.1, 0.15) is 16.2 Å². The molecule has 0 unspecified atom stereocenters. The van der Waals surface area contributed by atoms with Crippen LogP contribution in [0.15, 0.2) is 24.5 Å². The third-order valence-corrected chi connectivity index (χ3v) is 3.31. The number of aromatic carboxylic acids is 1. The van der Waals surface area contributed by atoms with E-state index in [1.54, 1.807) is 18.5 Å². The van der Waals surface area contributed by atoms with Gasteiger partial charge in [0, 0.05) is 7.05 Å². The van der Waals surface area contributed by atoms with Crippen LogP contribution in [0, 0.1) is 0 Å². The zero-order valence-electron chi connectivity index (χ0n) is 11.0. The van der Waals surface area contributed by atoms with Crippen LogP contribution in [0.5, 0.6) is 5.75 Å². The van der Waals surface area contributed by atoms with Crippen molar-refractivity contribution in [3.63, 3.8) is 0 Å². The van der Waals surface area contributed by atoms with E-state index < -0.39 is 5.97 Å². The average Bonchev–Trinajstić information content (AvgIpc) is 2.84. The molecule has 0 amide bonds. The fourth-order valence-electron chi connectivity index (χ4n) is 2.26. The van der Waals surface area contributed by atoms with E-state index in [0.717, 1.165) is 11.5 Å². The van der Waals surface area contributed by atoms with E-state index in [-0.39, 0.29) is 5.56 Å². The first-order valence-corrected chi connectivity index (χ1v) is 6.23. The maximum absolute atomic E-state index is 11.2. The summed E-state index contributed by atoms with van der Waals surface area (Å²) in [6.07, 6.45) is 1.64. The molecule has 1 aliphatic heterocycles. The van der Waals surface area contributed by atoms with Gasteiger partial charge in [0.25, 0.3) is 0 Å². The topological polar surface area (TPSA) is 80.5 Å². The van der Waals surface area contributed by atoms with Gasteiger partial charge in [0.2, 0.25) is 0 Å². The molecule has 0 fully saturated rings.